The molecule has 2 heterocycles. The smallest absolute Gasteiger partial charge is 0.414 e. The largest absolute Gasteiger partial charge is 0.444 e. The summed E-state index contributed by atoms with van der Waals surface area (Å²) in [7, 11) is 0. The Balaban J connectivity index is 1.45. The second-order valence-electron chi connectivity index (χ2n) is 6.82. The fourth-order valence-electron chi connectivity index (χ4n) is 3.74. The lowest BCUT2D eigenvalue weighted by atomic mass is 10.00. The van der Waals surface area contributed by atoms with Crippen molar-refractivity contribution in [2.24, 2.45) is 0 Å². The monoisotopic (exact) mass is 364 g/mol. The molecule has 0 saturated carbocycles. The highest BCUT2D eigenvalue weighted by Crippen LogP contribution is 2.32. The van der Waals surface area contributed by atoms with Crippen LogP contribution in [0, 0.1) is 0 Å². The molecule has 0 unspecified atom stereocenters. The molecule has 2 aromatic carbocycles. The van der Waals surface area contributed by atoms with Crippen LogP contribution in [0.1, 0.15) is 39.1 Å². The maximum absolute atomic E-state index is 12.7. The van der Waals surface area contributed by atoms with E-state index in [1.165, 1.54) is 0 Å². The predicted molar refractivity (Wildman–Crippen MR) is 99.9 cm³/mol. The molecule has 2 aromatic rings. The summed E-state index contributed by atoms with van der Waals surface area (Å²) in [6, 6.07) is 14.4. The average molecular weight is 364 g/mol. The Morgan fingerprint density at radius 1 is 1.04 bits per heavy atom. The normalized spacial score (nSPS) is 17.3. The maximum Gasteiger partial charge on any atom is 0.414 e. The summed E-state index contributed by atoms with van der Waals surface area (Å²) in [6.07, 6.45) is 1.83. The molecule has 2 aliphatic rings. The summed E-state index contributed by atoms with van der Waals surface area (Å²) in [5.74, 6) is -0.0486. The van der Waals surface area contributed by atoms with E-state index in [-0.39, 0.29) is 18.0 Å². The third kappa shape index (κ3) is 3.30. The minimum Gasteiger partial charge on any atom is -0.444 e. The zero-order chi connectivity index (χ0) is 18.8. The minimum atomic E-state index is -0.317. The lowest BCUT2D eigenvalue weighted by molar-refractivity contribution is 0.0708. The number of cyclic esters (lactones) is 1. The molecule has 6 heteroatoms. The van der Waals surface area contributed by atoms with E-state index in [0.717, 1.165) is 17.5 Å². The number of benzene rings is 2. The van der Waals surface area contributed by atoms with Crippen molar-refractivity contribution in [1.29, 1.82) is 0 Å². The standard InChI is InChI=1S/C21H20N2O4/c24-13-15-5-7-16(8-6-15)20(25)22-11-9-18(10-12-22)23-19-4-2-1-3-17(19)14-27-21(23)26/h1-8,13,18H,9-12,14H2. The average Bonchev–Trinajstić information content (AvgIpc) is 2.73. The Kier molecular flexibility index (Phi) is 4.62. The van der Waals surface area contributed by atoms with Crippen LogP contribution in [0.5, 0.6) is 0 Å². The van der Waals surface area contributed by atoms with Crippen LogP contribution in [0.25, 0.3) is 0 Å². The van der Waals surface area contributed by atoms with E-state index in [9.17, 15) is 14.4 Å². The van der Waals surface area contributed by atoms with E-state index in [0.29, 0.717) is 43.7 Å². The van der Waals surface area contributed by atoms with Gasteiger partial charge in [-0.1, -0.05) is 30.3 Å². The first-order valence-corrected chi connectivity index (χ1v) is 9.06. The van der Waals surface area contributed by atoms with Gasteiger partial charge in [0.15, 0.2) is 0 Å². The summed E-state index contributed by atoms with van der Waals surface area (Å²) in [5.41, 5.74) is 3.03. The molecular formula is C21H20N2O4. The highest BCUT2D eigenvalue weighted by molar-refractivity contribution is 5.95. The van der Waals surface area contributed by atoms with Crippen LogP contribution >= 0.6 is 0 Å². The molecule has 0 bridgehead atoms. The van der Waals surface area contributed by atoms with Crippen LogP contribution in [-0.2, 0) is 11.3 Å². The zero-order valence-electron chi connectivity index (χ0n) is 14.8. The molecule has 0 aliphatic carbocycles. The van der Waals surface area contributed by atoms with Gasteiger partial charge in [-0.25, -0.2) is 4.79 Å². The molecule has 1 saturated heterocycles. The van der Waals surface area contributed by atoms with Crippen molar-refractivity contribution in [2.75, 3.05) is 18.0 Å². The summed E-state index contributed by atoms with van der Waals surface area (Å²) in [5, 5.41) is 0. The fraction of sp³-hybridized carbons (Fsp3) is 0.286. The number of fused-ring (bicyclic) bond motifs is 1. The van der Waals surface area contributed by atoms with Gasteiger partial charge in [0.1, 0.15) is 12.9 Å². The number of aldehydes is 1. The summed E-state index contributed by atoms with van der Waals surface area (Å²) >= 11 is 0. The number of nitrogens with zero attached hydrogens (tertiary/aromatic N) is 2. The van der Waals surface area contributed by atoms with Gasteiger partial charge in [0.2, 0.25) is 0 Å². The molecule has 6 nitrogen and oxygen atoms in total. The van der Waals surface area contributed by atoms with Crippen LogP contribution in [-0.4, -0.2) is 42.3 Å². The predicted octanol–water partition coefficient (Wildman–Crippen LogP) is 3.26. The zero-order valence-corrected chi connectivity index (χ0v) is 14.8. The first-order valence-electron chi connectivity index (χ1n) is 9.06. The van der Waals surface area contributed by atoms with E-state index in [2.05, 4.69) is 0 Å². The van der Waals surface area contributed by atoms with Crippen molar-refractivity contribution in [3.63, 3.8) is 0 Å². The maximum atomic E-state index is 12.7. The Bertz CT molecular complexity index is 870. The Hall–Kier alpha value is -3.15. The number of amides is 2. The van der Waals surface area contributed by atoms with Crippen molar-refractivity contribution >= 4 is 24.0 Å². The van der Waals surface area contributed by atoms with Gasteiger partial charge < -0.3 is 9.64 Å². The lowest BCUT2D eigenvalue weighted by Gasteiger charge is -2.40. The molecule has 0 N–H and O–H groups in total. The number of rotatable bonds is 3. The second-order valence-corrected chi connectivity index (χ2v) is 6.82. The third-order valence-electron chi connectivity index (χ3n) is 5.21. The van der Waals surface area contributed by atoms with E-state index < -0.39 is 0 Å². The van der Waals surface area contributed by atoms with Crippen LogP contribution in [0.4, 0.5) is 10.5 Å². The summed E-state index contributed by atoms with van der Waals surface area (Å²) in [4.78, 5) is 39.3. The molecule has 2 amide bonds. The number of hydrogen-bond donors (Lipinski definition) is 0. The number of ether oxygens (including phenoxy) is 1. The van der Waals surface area contributed by atoms with Crippen LogP contribution in [0.15, 0.2) is 48.5 Å². The van der Waals surface area contributed by atoms with Gasteiger partial charge in [-0.15, -0.1) is 0 Å². The van der Waals surface area contributed by atoms with E-state index in [1.54, 1.807) is 34.1 Å². The number of hydrogen-bond acceptors (Lipinski definition) is 4. The van der Waals surface area contributed by atoms with Crippen molar-refractivity contribution < 1.29 is 19.1 Å². The van der Waals surface area contributed by atoms with E-state index in [1.807, 2.05) is 24.3 Å². The van der Waals surface area contributed by atoms with Crippen molar-refractivity contribution in [3.8, 4) is 0 Å². The number of carbonyl (C=O) groups excluding carboxylic acids is 3. The molecule has 0 spiro atoms. The molecule has 138 valence electrons. The quantitative estimate of drug-likeness (QED) is 0.784. The lowest BCUT2D eigenvalue weighted by Crippen LogP contribution is -2.50. The Labute approximate surface area is 157 Å². The Morgan fingerprint density at radius 2 is 1.74 bits per heavy atom. The van der Waals surface area contributed by atoms with Gasteiger partial charge in [0.25, 0.3) is 5.91 Å². The number of anilines is 1. The molecular weight excluding hydrogens is 344 g/mol. The van der Waals surface area contributed by atoms with Crippen molar-refractivity contribution in [3.05, 3.63) is 65.2 Å². The summed E-state index contributed by atoms with van der Waals surface area (Å²) < 4.78 is 5.31. The van der Waals surface area contributed by atoms with Crippen molar-refractivity contribution in [2.45, 2.75) is 25.5 Å². The van der Waals surface area contributed by atoms with Crippen LogP contribution in [0.3, 0.4) is 0 Å². The van der Waals surface area contributed by atoms with Gasteiger partial charge in [0.05, 0.1) is 5.69 Å². The highest BCUT2D eigenvalue weighted by atomic mass is 16.6. The fourth-order valence-corrected chi connectivity index (χ4v) is 3.74. The summed E-state index contributed by atoms with van der Waals surface area (Å²) in [6.45, 7) is 1.45. The number of carbonyl (C=O) groups is 3. The molecule has 2 aliphatic heterocycles. The van der Waals surface area contributed by atoms with Gasteiger partial charge in [-0.3, -0.25) is 14.5 Å². The van der Waals surface area contributed by atoms with Gasteiger partial charge >= 0.3 is 6.09 Å². The SMILES string of the molecule is O=Cc1ccc(C(=O)N2CCC(N3C(=O)OCc4ccccc43)CC2)cc1. The second kappa shape index (κ2) is 7.23. The third-order valence-corrected chi connectivity index (χ3v) is 5.21. The molecule has 0 aromatic heterocycles. The van der Waals surface area contributed by atoms with Crippen LogP contribution < -0.4 is 4.90 Å². The van der Waals surface area contributed by atoms with Gasteiger partial charge in [0, 0.05) is 35.8 Å². The molecule has 0 radical (unpaired) electrons. The minimum absolute atomic E-state index is 0.0143. The van der Waals surface area contributed by atoms with Crippen molar-refractivity contribution in [1.82, 2.24) is 4.90 Å². The highest BCUT2D eigenvalue weighted by Gasteiger charge is 2.35. The first-order chi connectivity index (χ1) is 13.2. The van der Waals surface area contributed by atoms with Crippen LogP contribution in [0.2, 0.25) is 0 Å². The molecule has 1 fully saturated rings. The van der Waals surface area contributed by atoms with E-state index in [4.69, 9.17) is 4.74 Å². The first kappa shape index (κ1) is 17.3. The number of likely N-dealkylation sites (tertiary alicyclic amines) is 1. The number of para-hydroxylation sites is 1. The van der Waals surface area contributed by atoms with Gasteiger partial charge in [-0.2, -0.15) is 0 Å². The Morgan fingerprint density at radius 3 is 2.44 bits per heavy atom. The van der Waals surface area contributed by atoms with Gasteiger partial charge in [-0.05, 0) is 31.0 Å². The molecule has 27 heavy (non-hydrogen) atoms. The topological polar surface area (TPSA) is 66.9 Å². The molecule has 0 atom stereocenters. The number of piperidine rings is 1. The molecule has 4 rings (SSSR count). The van der Waals surface area contributed by atoms with E-state index >= 15 is 0 Å².